The molecule has 0 spiro atoms. The number of methoxy groups -OCH3 is 1. The monoisotopic (exact) mass is 438 g/mol. The fourth-order valence-electron chi connectivity index (χ4n) is 3.23. The first-order valence-electron chi connectivity index (χ1n) is 9.10. The highest BCUT2D eigenvalue weighted by molar-refractivity contribution is 7.23. The minimum Gasteiger partial charge on any atom is -0.494 e. The Hall–Kier alpha value is -3.29. The summed E-state index contributed by atoms with van der Waals surface area (Å²) in [5.41, 5.74) is 1.25. The lowest BCUT2D eigenvalue weighted by Gasteiger charge is -2.17. The predicted octanol–water partition coefficient (Wildman–Crippen LogP) is 6.14. The SMILES string of the molecule is COc1ccc(Cl)c2sc(N(Cc3ccco3)C(=O)c3cc4ccccc4o3)nc12. The van der Waals surface area contributed by atoms with Crippen molar-refractivity contribution in [1.82, 2.24) is 4.98 Å². The van der Waals surface area contributed by atoms with E-state index in [9.17, 15) is 4.79 Å². The predicted molar refractivity (Wildman–Crippen MR) is 117 cm³/mol. The lowest BCUT2D eigenvalue weighted by atomic mass is 10.2. The van der Waals surface area contributed by atoms with Gasteiger partial charge in [-0.25, -0.2) is 4.98 Å². The molecule has 6 nitrogen and oxygen atoms in total. The molecular formula is C22H15ClN2O4S. The Morgan fingerprint density at radius 1 is 1.20 bits per heavy atom. The first kappa shape index (κ1) is 18.7. The van der Waals surface area contributed by atoms with Gasteiger partial charge < -0.3 is 13.6 Å². The van der Waals surface area contributed by atoms with Crippen LogP contribution < -0.4 is 9.64 Å². The van der Waals surface area contributed by atoms with Crippen LogP contribution in [0, 0.1) is 0 Å². The number of para-hydroxylation sites is 1. The number of carbonyl (C=O) groups excluding carboxylic acids is 1. The van der Waals surface area contributed by atoms with E-state index in [0.717, 1.165) is 10.1 Å². The van der Waals surface area contributed by atoms with Gasteiger partial charge in [-0.1, -0.05) is 41.1 Å². The van der Waals surface area contributed by atoms with Crippen LogP contribution in [0.2, 0.25) is 5.02 Å². The Bertz CT molecular complexity index is 1320. The molecule has 0 aliphatic rings. The maximum absolute atomic E-state index is 13.5. The van der Waals surface area contributed by atoms with Crippen molar-refractivity contribution in [3.8, 4) is 5.75 Å². The van der Waals surface area contributed by atoms with Gasteiger partial charge in [-0.05, 0) is 36.4 Å². The summed E-state index contributed by atoms with van der Waals surface area (Å²) >= 11 is 7.68. The standard InChI is InChI=1S/C22H15ClN2O4S/c1-27-17-9-8-15(23)20-19(17)24-22(30-20)25(12-14-6-4-10-28-14)21(26)18-11-13-5-2-3-7-16(13)29-18/h2-11H,12H2,1H3. The van der Waals surface area contributed by atoms with Crippen LogP contribution in [0.1, 0.15) is 16.3 Å². The summed E-state index contributed by atoms with van der Waals surface area (Å²) < 4.78 is 17.4. The maximum Gasteiger partial charge on any atom is 0.296 e. The second kappa shape index (κ2) is 7.51. The lowest BCUT2D eigenvalue weighted by Crippen LogP contribution is -2.29. The molecule has 3 heterocycles. The molecule has 0 radical (unpaired) electrons. The molecule has 5 aromatic rings. The maximum atomic E-state index is 13.5. The van der Waals surface area contributed by atoms with Crippen molar-refractivity contribution >= 4 is 55.2 Å². The third-order valence-corrected chi connectivity index (χ3v) is 6.21. The van der Waals surface area contributed by atoms with E-state index >= 15 is 0 Å². The van der Waals surface area contributed by atoms with Gasteiger partial charge in [0.15, 0.2) is 10.9 Å². The molecule has 0 saturated heterocycles. The third kappa shape index (κ3) is 3.22. The molecule has 0 aliphatic heterocycles. The Morgan fingerprint density at radius 3 is 2.83 bits per heavy atom. The van der Waals surface area contributed by atoms with Crippen molar-refractivity contribution in [2.75, 3.05) is 12.0 Å². The van der Waals surface area contributed by atoms with Crippen LogP contribution in [-0.2, 0) is 6.54 Å². The van der Waals surface area contributed by atoms with Gasteiger partial charge in [0.25, 0.3) is 5.91 Å². The molecule has 0 N–H and O–H groups in total. The second-order valence-corrected chi connectivity index (χ2v) is 7.93. The fourth-order valence-corrected chi connectivity index (χ4v) is 4.48. The molecule has 1 amide bonds. The Kier molecular flexibility index (Phi) is 4.69. The molecule has 0 atom stereocenters. The van der Waals surface area contributed by atoms with Crippen LogP contribution >= 0.6 is 22.9 Å². The summed E-state index contributed by atoms with van der Waals surface area (Å²) in [6.45, 7) is 0.197. The molecule has 3 aromatic heterocycles. The van der Waals surface area contributed by atoms with Crippen molar-refractivity contribution < 1.29 is 18.4 Å². The van der Waals surface area contributed by atoms with E-state index in [0.29, 0.717) is 32.8 Å². The summed E-state index contributed by atoms with van der Waals surface area (Å²) in [6, 6.07) is 16.3. The van der Waals surface area contributed by atoms with Gasteiger partial charge >= 0.3 is 0 Å². The molecule has 0 unspecified atom stereocenters. The number of amides is 1. The smallest absolute Gasteiger partial charge is 0.296 e. The van der Waals surface area contributed by atoms with Crippen LogP contribution in [0.3, 0.4) is 0 Å². The van der Waals surface area contributed by atoms with Gasteiger partial charge in [0.05, 0.1) is 29.6 Å². The number of ether oxygens (including phenoxy) is 1. The van der Waals surface area contributed by atoms with Gasteiger partial charge in [0, 0.05) is 5.39 Å². The molecule has 5 rings (SSSR count). The van der Waals surface area contributed by atoms with Crippen molar-refractivity contribution in [3.63, 3.8) is 0 Å². The van der Waals surface area contributed by atoms with E-state index in [2.05, 4.69) is 4.98 Å². The number of carbonyl (C=O) groups is 1. The van der Waals surface area contributed by atoms with E-state index in [1.807, 2.05) is 24.3 Å². The number of halogens is 1. The van der Waals surface area contributed by atoms with E-state index in [1.165, 1.54) is 16.2 Å². The number of thiazole rings is 1. The van der Waals surface area contributed by atoms with Gasteiger partial charge in [-0.15, -0.1) is 0 Å². The van der Waals surface area contributed by atoms with Crippen molar-refractivity contribution in [3.05, 3.63) is 77.4 Å². The zero-order valence-corrected chi connectivity index (χ0v) is 17.4. The number of benzene rings is 2. The highest BCUT2D eigenvalue weighted by Crippen LogP contribution is 2.39. The van der Waals surface area contributed by atoms with Crippen molar-refractivity contribution in [1.29, 1.82) is 0 Å². The number of furan rings is 2. The van der Waals surface area contributed by atoms with Crippen LogP contribution in [0.5, 0.6) is 5.75 Å². The highest BCUT2D eigenvalue weighted by Gasteiger charge is 2.26. The van der Waals surface area contributed by atoms with Gasteiger partial charge in [0.1, 0.15) is 22.6 Å². The molecule has 30 heavy (non-hydrogen) atoms. The Morgan fingerprint density at radius 2 is 2.07 bits per heavy atom. The highest BCUT2D eigenvalue weighted by atomic mass is 35.5. The van der Waals surface area contributed by atoms with Gasteiger partial charge in [-0.2, -0.15) is 0 Å². The zero-order chi connectivity index (χ0) is 20.7. The average molecular weight is 439 g/mol. The molecule has 0 aliphatic carbocycles. The summed E-state index contributed by atoms with van der Waals surface area (Å²) in [5.74, 6) is 1.11. The summed E-state index contributed by atoms with van der Waals surface area (Å²) in [4.78, 5) is 19.6. The second-order valence-electron chi connectivity index (χ2n) is 6.54. The number of aromatic nitrogens is 1. The Labute approximate surface area is 180 Å². The molecule has 8 heteroatoms. The first-order chi connectivity index (χ1) is 14.6. The van der Waals surface area contributed by atoms with E-state index < -0.39 is 0 Å². The molecular weight excluding hydrogens is 424 g/mol. The van der Waals surface area contributed by atoms with Gasteiger partial charge in [-0.3, -0.25) is 9.69 Å². The minimum atomic E-state index is -0.322. The van der Waals surface area contributed by atoms with Gasteiger partial charge in [0.2, 0.25) is 0 Å². The van der Waals surface area contributed by atoms with Crippen LogP contribution in [0.25, 0.3) is 21.2 Å². The summed E-state index contributed by atoms with van der Waals surface area (Å²) in [6.07, 6.45) is 1.57. The fraction of sp³-hybridized carbons (Fsp3) is 0.0909. The number of anilines is 1. The molecule has 2 aromatic carbocycles. The lowest BCUT2D eigenvalue weighted by molar-refractivity contribution is 0.0958. The quantitative estimate of drug-likeness (QED) is 0.329. The van der Waals surface area contributed by atoms with Crippen LogP contribution in [-0.4, -0.2) is 18.0 Å². The van der Waals surface area contributed by atoms with Crippen LogP contribution in [0.15, 0.2) is 69.7 Å². The van der Waals surface area contributed by atoms with E-state index in [-0.39, 0.29) is 18.2 Å². The topological polar surface area (TPSA) is 68.7 Å². The first-order valence-corrected chi connectivity index (χ1v) is 10.3. The van der Waals surface area contributed by atoms with Crippen molar-refractivity contribution in [2.24, 2.45) is 0 Å². The van der Waals surface area contributed by atoms with E-state index in [4.69, 9.17) is 25.2 Å². The normalized spacial score (nSPS) is 11.3. The minimum absolute atomic E-state index is 0.197. The molecule has 0 fully saturated rings. The van der Waals surface area contributed by atoms with Crippen molar-refractivity contribution in [2.45, 2.75) is 6.54 Å². The van der Waals surface area contributed by atoms with Crippen LogP contribution in [0.4, 0.5) is 5.13 Å². The number of fused-ring (bicyclic) bond motifs is 2. The average Bonchev–Trinajstić information content (AvgIpc) is 3.51. The summed E-state index contributed by atoms with van der Waals surface area (Å²) in [7, 11) is 1.57. The molecule has 150 valence electrons. The number of hydrogen-bond donors (Lipinski definition) is 0. The Balaban J connectivity index is 1.62. The number of hydrogen-bond acceptors (Lipinski definition) is 6. The number of rotatable bonds is 5. The molecule has 0 bridgehead atoms. The summed E-state index contributed by atoms with van der Waals surface area (Å²) in [5, 5.41) is 1.87. The molecule has 0 saturated carbocycles. The zero-order valence-electron chi connectivity index (χ0n) is 15.8. The third-order valence-electron chi connectivity index (χ3n) is 4.67. The number of nitrogens with zero attached hydrogens (tertiary/aromatic N) is 2. The largest absolute Gasteiger partial charge is 0.494 e. The van der Waals surface area contributed by atoms with E-state index in [1.54, 1.807) is 43.7 Å².